The van der Waals surface area contributed by atoms with Gasteiger partial charge in [-0.25, -0.2) is 4.39 Å². The third-order valence-corrected chi connectivity index (χ3v) is 5.85. The molecule has 0 bridgehead atoms. The normalized spacial score (nSPS) is 22.2. The highest BCUT2D eigenvalue weighted by molar-refractivity contribution is 5.87. The smallest absolute Gasteiger partial charge is 0.243 e. The maximum absolute atomic E-state index is 13.4. The summed E-state index contributed by atoms with van der Waals surface area (Å²) in [5, 5.41) is 3.51. The van der Waals surface area contributed by atoms with Crippen molar-refractivity contribution < 1.29 is 13.9 Å². The number of halogens is 2. The minimum atomic E-state index is -0.480. The zero-order valence-electron chi connectivity index (χ0n) is 16.5. The van der Waals surface area contributed by atoms with Crippen LogP contribution in [0.1, 0.15) is 31.2 Å². The zero-order chi connectivity index (χ0) is 19.4. The van der Waals surface area contributed by atoms with Crippen LogP contribution in [-0.2, 0) is 11.2 Å². The summed E-state index contributed by atoms with van der Waals surface area (Å²) in [5.41, 5.74) is 0.714. The number of nitrogens with one attached hydrogen (secondary N) is 1. The molecule has 1 N–H and O–H groups in total. The molecule has 29 heavy (non-hydrogen) atoms. The second-order valence-corrected chi connectivity index (χ2v) is 7.84. The number of carbonyl (C=O) groups is 1. The molecule has 0 saturated carbocycles. The fraction of sp³-hybridized carbons (Fsp3) is 0.435. The zero-order valence-corrected chi connectivity index (χ0v) is 17.3. The number of benzene rings is 2. The minimum absolute atomic E-state index is 0. The van der Waals surface area contributed by atoms with Crippen LogP contribution in [0.25, 0.3) is 0 Å². The molecule has 2 aromatic rings. The Morgan fingerprint density at radius 1 is 1.10 bits per heavy atom. The summed E-state index contributed by atoms with van der Waals surface area (Å²) >= 11 is 0. The molecule has 1 amide bonds. The van der Waals surface area contributed by atoms with Crippen LogP contribution in [0.15, 0.2) is 54.6 Å². The van der Waals surface area contributed by atoms with E-state index in [1.165, 1.54) is 17.7 Å². The topological polar surface area (TPSA) is 41.6 Å². The van der Waals surface area contributed by atoms with Crippen LogP contribution in [0, 0.1) is 5.82 Å². The highest BCUT2D eigenvalue weighted by Gasteiger charge is 2.44. The molecule has 0 aromatic heterocycles. The quantitative estimate of drug-likeness (QED) is 0.798. The molecule has 156 valence electrons. The molecule has 0 radical (unpaired) electrons. The van der Waals surface area contributed by atoms with Gasteiger partial charge in [0.1, 0.15) is 23.2 Å². The summed E-state index contributed by atoms with van der Waals surface area (Å²) in [6.07, 6.45) is 4.31. The van der Waals surface area contributed by atoms with Crippen molar-refractivity contribution in [3.63, 3.8) is 0 Å². The van der Waals surface area contributed by atoms with Gasteiger partial charge in [-0.3, -0.25) is 4.79 Å². The Labute approximate surface area is 177 Å². The van der Waals surface area contributed by atoms with E-state index in [-0.39, 0.29) is 30.2 Å². The van der Waals surface area contributed by atoms with Gasteiger partial charge in [0.25, 0.3) is 0 Å². The monoisotopic (exact) mass is 418 g/mol. The van der Waals surface area contributed by atoms with Crippen molar-refractivity contribution in [2.75, 3.05) is 19.6 Å². The van der Waals surface area contributed by atoms with Crippen LogP contribution < -0.4 is 10.1 Å². The van der Waals surface area contributed by atoms with E-state index in [1.807, 2.05) is 23.1 Å². The summed E-state index contributed by atoms with van der Waals surface area (Å²) in [4.78, 5) is 15.4. The van der Waals surface area contributed by atoms with Crippen molar-refractivity contribution >= 4 is 18.3 Å². The maximum Gasteiger partial charge on any atom is 0.243 e. The molecule has 4 nitrogen and oxygen atoms in total. The van der Waals surface area contributed by atoms with Crippen LogP contribution in [0.5, 0.6) is 5.75 Å². The van der Waals surface area contributed by atoms with Gasteiger partial charge in [-0.15, -0.1) is 12.4 Å². The van der Waals surface area contributed by atoms with Crippen LogP contribution in [0.4, 0.5) is 4.39 Å². The summed E-state index contributed by atoms with van der Waals surface area (Å²) < 4.78 is 19.0. The molecular weight excluding hydrogens is 391 g/mol. The summed E-state index contributed by atoms with van der Waals surface area (Å²) in [7, 11) is 0. The van der Waals surface area contributed by atoms with E-state index in [1.54, 1.807) is 12.1 Å². The number of ether oxygens (including phenoxy) is 1. The predicted octanol–water partition coefficient (Wildman–Crippen LogP) is 3.98. The Hall–Kier alpha value is -2.11. The lowest BCUT2D eigenvalue weighted by molar-refractivity contribution is -0.139. The summed E-state index contributed by atoms with van der Waals surface area (Å²) in [5.74, 6) is 0.638. The van der Waals surface area contributed by atoms with E-state index in [4.69, 9.17) is 4.74 Å². The molecule has 0 unspecified atom stereocenters. The maximum atomic E-state index is 13.4. The lowest BCUT2D eigenvalue weighted by Crippen LogP contribution is -2.58. The first-order chi connectivity index (χ1) is 13.6. The van der Waals surface area contributed by atoms with Crippen molar-refractivity contribution in [3.8, 4) is 5.75 Å². The minimum Gasteiger partial charge on any atom is -0.490 e. The third-order valence-electron chi connectivity index (χ3n) is 5.85. The highest BCUT2D eigenvalue weighted by atomic mass is 35.5. The van der Waals surface area contributed by atoms with Gasteiger partial charge in [-0.05, 0) is 55.6 Å². The first kappa shape index (κ1) is 21.6. The van der Waals surface area contributed by atoms with Gasteiger partial charge in [0.05, 0.1) is 0 Å². The number of hydrogen-bond acceptors (Lipinski definition) is 3. The summed E-state index contributed by atoms with van der Waals surface area (Å²) in [6.45, 7) is 2.29. The molecule has 2 heterocycles. The third kappa shape index (κ3) is 5.09. The molecule has 2 aromatic carbocycles. The number of amides is 1. The van der Waals surface area contributed by atoms with Gasteiger partial charge in [-0.1, -0.05) is 30.3 Å². The van der Waals surface area contributed by atoms with E-state index >= 15 is 0 Å². The molecule has 6 heteroatoms. The average Bonchev–Trinajstić information content (AvgIpc) is 3.20. The Kier molecular flexibility index (Phi) is 7.14. The van der Waals surface area contributed by atoms with Crippen LogP contribution >= 0.6 is 12.4 Å². The van der Waals surface area contributed by atoms with Crippen LogP contribution in [0.2, 0.25) is 0 Å². The second-order valence-electron chi connectivity index (χ2n) is 7.84. The van der Waals surface area contributed by atoms with Gasteiger partial charge in [0.15, 0.2) is 0 Å². The number of nitrogens with zero attached hydrogens (tertiary/aromatic N) is 1. The van der Waals surface area contributed by atoms with Crippen molar-refractivity contribution in [1.82, 2.24) is 10.2 Å². The van der Waals surface area contributed by atoms with Crippen molar-refractivity contribution in [1.29, 1.82) is 0 Å². The standard InChI is InChI=1S/C23H27FN2O2.ClH/c24-19-7-9-20(10-8-19)28-21-11-15-26(16-12-21)22(27)23(13-4-14-25-23)17-18-5-2-1-3-6-18;/h1-3,5-10,21,25H,4,11-17H2;1H/t23-;/m0./s1. The molecule has 2 aliphatic heterocycles. The SMILES string of the molecule is Cl.O=C(N1CCC(Oc2ccc(F)cc2)CC1)[C@@]1(Cc2ccccc2)CCCN1. The van der Waals surface area contributed by atoms with E-state index in [0.717, 1.165) is 38.6 Å². The number of carbonyl (C=O) groups excluding carboxylic acids is 1. The Balaban J connectivity index is 0.00000240. The van der Waals surface area contributed by atoms with Crippen LogP contribution in [-0.4, -0.2) is 42.1 Å². The average molecular weight is 419 g/mol. The fourth-order valence-electron chi connectivity index (χ4n) is 4.34. The van der Waals surface area contributed by atoms with Gasteiger partial charge < -0.3 is 15.0 Å². The molecular formula is C23H28ClFN2O2. The number of hydrogen-bond donors (Lipinski definition) is 1. The van der Waals surface area contributed by atoms with Gasteiger partial charge in [-0.2, -0.15) is 0 Å². The summed E-state index contributed by atoms with van der Waals surface area (Å²) in [6, 6.07) is 16.4. The Morgan fingerprint density at radius 3 is 2.41 bits per heavy atom. The van der Waals surface area contributed by atoms with Crippen molar-refractivity contribution in [2.45, 2.75) is 43.7 Å². The van der Waals surface area contributed by atoms with Crippen LogP contribution in [0.3, 0.4) is 0 Å². The first-order valence-electron chi connectivity index (χ1n) is 10.2. The molecule has 1 atom stereocenters. The molecule has 2 fully saturated rings. The number of rotatable bonds is 5. The van der Waals surface area contributed by atoms with E-state index in [9.17, 15) is 9.18 Å². The number of piperidine rings is 1. The van der Waals surface area contributed by atoms with Gasteiger partial charge >= 0.3 is 0 Å². The Morgan fingerprint density at radius 2 is 1.79 bits per heavy atom. The molecule has 0 aliphatic carbocycles. The largest absolute Gasteiger partial charge is 0.490 e. The fourth-order valence-corrected chi connectivity index (χ4v) is 4.34. The molecule has 0 spiro atoms. The Bertz CT molecular complexity index is 786. The molecule has 4 rings (SSSR count). The van der Waals surface area contributed by atoms with Crippen molar-refractivity contribution in [2.24, 2.45) is 0 Å². The number of likely N-dealkylation sites (tertiary alicyclic amines) is 1. The van der Waals surface area contributed by atoms with E-state index in [0.29, 0.717) is 18.8 Å². The predicted molar refractivity (Wildman–Crippen MR) is 114 cm³/mol. The lowest BCUT2D eigenvalue weighted by Gasteiger charge is -2.38. The van der Waals surface area contributed by atoms with Gasteiger partial charge in [0, 0.05) is 25.9 Å². The second kappa shape index (κ2) is 9.59. The molecule has 2 aliphatic rings. The van der Waals surface area contributed by atoms with E-state index < -0.39 is 5.54 Å². The molecule has 2 saturated heterocycles. The van der Waals surface area contributed by atoms with Crippen molar-refractivity contribution in [3.05, 3.63) is 66.0 Å². The van der Waals surface area contributed by atoms with Gasteiger partial charge in [0.2, 0.25) is 5.91 Å². The lowest BCUT2D eigenvalue weighted by atomic mass is 9.87. The highest BCUT2D eigenvalue weighted by Crippen LogP contribution is 2.29. The first-order valence-corrected chi connectivity index (χ1v) is 10.2. The van der Waals surface area contributed by atoms with E-state index in [2.05, 4.69) is 17.4 Å².